The van der Waals surface area contributed by atoms with E-state index in [1.165, 1.54) is 0 Å². The second-order valence-electron chi connectivity index (χ2n) is 2.82. The number of benzene rings is 1. The van der Waals surface area contributed by atoms with Gasteiger partial charge >= 0.3 is 5.97 Å². The molecule has 0 atom stereocenters. The molecular weight excluding hydrogens is 216 g/mol. The zero-order chi connectivity index (χ0) is 11.1. The molecule has 0 saturated heterocycles. The average Bonchev–Trinajstić information content (AvgIpc) is 2.22. The molecule has 82 valence electrons. The summed E-state index contributed by atoms with van der Waals surface area (Å²) in [6, 6.07) is 6.90. The van der Waals surface area contributed by atoms with Gasteiger partial charge < -0.3 is 9.47 Å². The molecule has 3 nitrogen and oxygen atoms in total. The Balaban J connectivity index is 2.52. The summed E-state index contributed by atoms with van der Waals surface area (Å²) in [6.07, 6.45) is 0.217. The molecule has 0 unspecified atom stereocenters. The Morgan fingerprint density at radius 2 is 1.87 bits per heavy atom. The number of alkyl halides is 1. The monoisotopic (exact) mass is 228 g/mol. The van der Waals surface area contributed by atoms with E-state index < -0.39 is 0 Å². The Morgan fingerprint density at radius 3 is 2.40 bits per heavy atom. The molecular formula is C11H13ClO3. The molecule has 15 heavy (non-hydrogen) atoms. The highest BCUT2D eigenvalue weighted by atomic mass is 35.5. The van der Waals surface area contributed by atoms with Crippen LogP contribution in [0.2, 0.25) is 0 Å². The second kappa shape index (κ2) is 6.30. The van der Waals surface area contributed by atoms with Gasteiger partial charge in [0, 0.05) is 5.88 Å². The van der Waals surface area contributed by atoms with E-state index >= 15 is 0 Å². The molecule has 0 N–H and O–H groups in total. The molecule has 1 aromatic carbocycles. The predicted molar refractivity (Wildman–Crippen MR) is 58.6 cm³/mol. The first kappa shape index (κ1) is 11.9. The number of rotatable bonds is 5. The van der Waals surface area contributed by atoms with Crippen LogP contribution >= 0.6 is 11.6 Å². The van der Waals surface area contributed by atoms with Gasteiger partial charge in [-0.2, -0.15) is 0 Å². The van der Waals surface area contributed by atoms with Crippen molar-refractivity contribution in [1.82, 2.24) is 0 Å². The van der Waals surface area contributed by atoms with Crippen molar-refractivity contribution in [3.63, 3.8) is 0 Å². The zero-order valence-electron chi connectivity index (χ0n) is 8.53. The maximum Gasteiger partial charge on any atom is 0.312 e. The van der Waals surface area contributed by atoms with Gasteiger partial charge in [-0.1, -0.05) is 0 Å². The van der Waals surface area contributed by atoms with Crippen LogP contribution in [0.15, 0.2) is 24.3 Å². The molecule has 0 radical (unpaired) electrons. The maximum absolute atomic E-state index is 11.1. The number of halogens is 1. The molecule has 0 aliphatic carbocycles. The van der Waals surface area contributed by atoms with Gasteiger partial charge in [-0.05, 0) is 31.2 Å². The molecule has 0 aliphatic heterocycles. The lowest BCUT2D eigenvalue weighted by Crippen LogP contribution is -2.07. The quantitative estimate of drug-likeness (QED) is 0.442. The lowest BCUT2D eigenvalue weighted by Gasteiger charge is -2.05. The molecule has 0 saturated carbocycles. The highest BCUT2D eigenvalue weighted by molar-refractivity contribution is 6.18. The maximum atomic E-state index is 11.1. The summed E-state index contributed by atoms with van der Waals surface area (Å²) < 4.78 is 10.3. The fourth-order valence-electron chi connectivity index (χ4n) is 1.03. The van der Waals surface area contributed by atoms with E-state index in [1.54, 1.807) is 24.3 Å². The van der Waals surface area contributed by atoms with Crippen molar-refractivity contribution in [2.45, 2.75) is 13.3 Å². The number of carbonyl (C=O) groups excluding carboxylic acids is 1. The van der Waals surface area contributed by atoms with Gasteiger partial charge in [0.25, 0.3) is 0 Å². The van der Waals surface area contributed by atoms with Crippen LogP contribution < -0.4 is 9.47 Å². The van der Waals surface area contributed by atoms with Gasteiger partial charge in [0.15, 0.2) is 0 Å². The first-order valence-corrected chi connectivity index (χ1v) is 5.29. The van der Waals surface area contributed by atoms with Crippen LogP contribution in [0.1, 0.15) is 13.3 Å². The third kappa shape index (κ3) is 4.21. The molecule has 0 fully saturated rings. The summed E-state index contributed by atoms with van der Waals surface area (Å²) in [4.78, 5) is 11.1. The van der Waals surface area contributed by atoms with E-state index in [2.05, 4.69) is 0 Å². The van der Waals surface area contributed by atoms with Crippen LogP contribution in [-0.2, 0) is 4.79 Å². The fraction of sp³-hybridized carbons (Fsp3) is 0.364. The fourth-order valence-corrected chi connectivity index (χ4v) is 1.18. The summed E-state index contributed by atoms with van der Waals surface area (Å²) in [5.41, 5.74) is 0. The van der Waals surface area contributed by atoms with Gasteiger partial charge in [0.2, 0.25) is 0 Å². The molecule has 0 spiro atoms. The number of hydrogen-bond donors (Lipinski definition) is 0. The van der Waals surface area contributed by atoms with E-state index in [4.69, 9.17) is 21.1 Å². The van der Waals surface area contributed by atoms with E-state index in [9.17, 15) is 4.79 Å². The van der Waals surface area contributed by atoms with Crippen LogP contribution in [0, 0.1) is 0 Å². The normalized spacial score (nSPS) is 9.73. The largest absolute Gasteiger partial charge is 0.494 e. The van der Waals surface area contributed by atoms with Crippen molar-refractivity contribution in [3.05, 3.63) is 24.3 Å². The number of ether oxygens (including phenoxy) is 2. The van der Waals surface area contributed by atoms with Crippen molar-refractivity contribution in [2.24, 2.45) is 0 Å². The van der Waals surface area contributed by atoms with Gasteiger partial charge in [0.05, 0.1) is 13.0 Å². The second-order valence-corrected chi connectivity index (χ2v) is 3.20. The Morgan fingerprint density at radius 1 is 1.27 bits per heavy atom. The van der Waals surface area contributed by atoms with E-state index in [0.29, 0.717) is 12.4 Å². The standard InChI is InChI=1S/C11H13ClO3/c1-2-14-9-3-5-10(6-4-9)15-11(13)7-8-12/h3-6H,2,7-8H2,1H3. The van der Waals surface area contributed by atoms with E-state index in [-0.39, 0.29) is 18.3 Å². The molecule has 1 aromatic rings. The average molecular weight is 229 g/mol. The van der Waals surface area contributed by atoms with Crippen LogP contribution in [0.5, 0.6) is 11.5 Å². The van der Waals surface area contributed by atoms with E-state index in [1.807, 2.05) is 6.92 Å². The molecule has 0 aromatic heterocycles. The van der Waals surface area contributed by atoms with Crippen LogP contribution in [0.4, 0.5) is 0 Å². The Kier molecular flexibility index (Phi) is 4.98. The summed E-state index contributed by atoms with van der Waals surface area (Å²) in [7, 11) is 0. The summed E-state index contributed by atoms with van der Waals surface area (Å²) in [5.74, 6) is 1.22. The SMILES string of the molecule is CCOc1ccc(OC(=O)CCCl)cc1. The van der Waals surface area contributed by atoms with Gasteiger partial charge in [0.1, 0.15) is 11.5 Å². The molecule has 1 rings (SSSR count). The van der Waals surface area contributed by atoms with Gasteiger partial charge in [-0.25, -0.2) is 0 Å². The minimum atomic E-state index is -0.325. The summed E-state index contributed by atoms with van der Waals surface area (Å²) in [5, 5.41) is 0. The predicted octanol–water partition coefficient (Wildman–Crippen LogP) is 2.62. The zero-order valence-corrected chi connectivity index (χ0v) is 9.29. The lowest BCUT2D eigenvalue weighted by atomic mass is 10.3. The number of hydrogen-bond acceptors (Lipinski definition) is 3. The van der Waals surface area contributed by atoms with Gasteiger partial charge in [-0.15, -0.1) is 11.6 Å². The molecule has 0 bridgehead atoms. The summed E-state index contributed by atoms with van der Waals surface area (Å²) >= 11 is 5.41. The Bertz CT molecular complexity index is 308. The Hall–Kier alpha value is -1.22. The van der Waals surface area contributed by atoms with Crippen molar-refractivity contribution in [2.75, 3.05) is 12.5 Å². The highest BCUT2D eigenvalue weighted by Crippen LogP contribution is 2.17. The smallest absolute Gasteiger partial charge is 0.312 e. The molecule has 0 amide bonds. The molecule has 0 heterocycles. The van der Waals surface area contributed by atoms with Crippen LogP contribution in [0.3, 0.4) is 0 Å². The van der Waals surface area contributed by atoms with Crippen molar-refractivity contribution >= 4 is 17.6 Å². The molecule has 4 heteroatoms. The van der Waals surface area contributed by atoms with Crippen LogP contribution in [0.25, 0.3) is 0 Å². The molecule has 0 aliphatic rings. The first-order valence-electron chi connectivity index (χ1n) is 4.75. The van der Waals surface area contributed by atoms with Crippen LogP contribution in [-0.4, -0.2) is 18.5 Å². The number of carbonyl (C=O) groups is 1. The topological polar surface area (TPSA) is 35.5 Å². The lowest BCUT2D eigenvalue weighted by molar-refractivity contribution is -0.133. The van der Waals surface area contributed by atoms with Crippen molar-refractivity contribution in [3.8, 4) is 11.5 Å². The van der Waals surface area contributed by atoms with Crippen molar-refractivity contribution in [1.29, 1.82) is 0 Å². The first-order chi connectivity index (χ1) is 7.26. The Labute approximate surface area is 93.9 Å². The summed E-state index contributed by atoms with van der Waals surface area (Å²) in [6.45, 7) is 2.53. The van der Waals surface area contributed by atoms with E-state index in [0.717, 1.165) is 5.75 Å². The van der Waals surface area contributed by atoms with Gasteiger partial charge in [-0.3, -0.25) is 4.79 Å². The highest BCUT2D eigenvalue weighted by Gasteiger charge is 2.03. The third-order valence-corrected chi connectivity index (χ3v) is 1.85. The minimum absolute atomic E-state index is 0.217. The number of esters is 1. The third-order valence-electron chi connectivity index (χ3n) is 1.67. The van der Waals surface area contributed by atoms with Crippen molar-refractivity contribution < 1.29 is 14.3 Å². The minimum Gasteiger partial charge on any atom is -0.494 e.